The molecule has 0 fully saturated rings. The monoisotopic (exact) mass is 189 g/mol. The van der Waals surface area contributed by atoms with E-state index in [0.717, 1.165) is 0 Å². The highest BCUT2D eigenvalue weighted by Gasteiger charge is 2.16. The van der Waals surface area contributed by atoms with E-state index in [-0.39, 0.29) is 5.91 Å². The molecule has 0 saturated carbocycles. The third-order valence-electron chi connectivity index (χ3n) is 2.00. The lowest BCUT2D eigenvalue weighted by atomic mass is 10.2. The number of nitriles is 1. The topological polar surface area (TPSA) is 57.0 Å². The second-order valence-corrected chi connectivity index (χ2v) is 2.96. The van der Waals surface area contributed by atoms with Crippen LogP contribution < -0.4 is 0 Å². The first-order valence-corrected chi connectivity index (χ1v) is 4.23. The maximum atomic E-state index is 11.7. The van der Waals surface area contributed by atoms with Crippen LogP contribution in [-0.4, -0.2) is 28.9 Å². The molecule has 14 heavy (non-hydrogen) atoms. The molecule has 0 radical (unpaired) electrons. The predicted molar refractivity (Wildman–Crippen MR) is 51.4 cm³/mol. The van der Waals surface area contributed by atoms with Crippen molar-refractivity contribution in [3.8, 4) is 6.07 Å². The molecule has 0 aliphatic rings. The average molecular weight is 189 g/mol. The van der Waals surface area contributed by atoms with Gasteiger partial charge in [0.05, 0.1) is 11.6 Å². The summed E-state index contributed by atoms with van der Waals surface area (Å²) in [5.74, 6) is -0.188. The van der Waals surface area contributed by atoms with E-state index in [9.17, 15) is 4.79 Å². The van der Waals surface area contributed by atoms with Crippen LogP contribution in [0.15, 0.2) is 24.5 Å². The molecule has 0 spiro atoms. The second-order valence-electron chi connectivity index (χ2n) is 2.96. The molecule has 1 aromatic heterocycles. The summed E-state index contributed by atoms with van der Waals surface area (Å²) in [4.78, 5) is 16.9. The first-order chi connectivity index (χ1) is 6.66. The van der Waals surface area contributed by atoms with Crippen molar-refractivity contribution in [1.29, 1.82) is 5.26 Å². The molecule has 1 amide bonds. The van der Waals surface area contributed by atoms with Crippen LogP contribution in [0, 0.1) is 11.3 Å². The summed E-state index contributed by atoms with van der Waals surface area (Å²) >= 11 is 0. The molecule has 1 atom stereocenters. The van der Waals surface area contributed by atoms with E-state index < -0.39 is 6.04 Å². The predicted octanol–water partition coefficient (Wildman–Crippen LogP) is 1.07. The van der Waals surface area contributed by atoms with Gasteiger partial charge in [-0.25, -0.2) is 0 Å². The molecule has 4 nitrogen and oxygen atoms in total. The number of carbonyl (C=O) groups excluding carboxylic acids is 1. The molecular formula is C10H11N3O. The molecule has 1 heterocycles. The number of hydrogen-bond acceptors (Lipinski definition) is 3. The zero-order valence-electron chi connectivity index (χ0n) is 8.14. The summed E-state index contributed by atoms with van der Waals surface area (Å²) in [6.07, 6.45) is 3.09. The smallest absolute Gasteiger partial charge is 0.256 e. The Morgan fingerprint density at radius 1 is 1.71 bits per heavy atom. The first kappa shape index (κ1) is 10.2. The quantitative estimate of drug-likeness (QED) is 0.699. The van der Waals surface area contributed by atoms with E-state index in [4.69, 9.17) is 5.26 Å². The number of carbonyl (C=O) groups is 1. The summed E-state index contributed by atoms with van der Waals surface area (Å²) in [5.41, 5.74) is 0.497. The third kappa shape index (κ3) is 2.07. The van der Waals surface area contributed by atoms with Crippen molar-refractivity contribution >= 4 is 5.91 Å². The van der Waals surface area contributed by atoms with Gasteiger partial charge in [-0.1, -0.05) is 0 Å². The number of nitrogens with zero attached hydrogens (tertiary/aromatic N) is 3. The first-order valence-electron chi connectivity index (χ1n) is 4.23. The van der Waals surface area contributed by atoms with Crippen molar-refractivity contribution in [2.24, 2.45) is 0 Å². The van der Waals surface area contributed by atoms with Gasteiger partial charge in [-0.2, -0.15) is 5.26 Å². The molecule has 0 bridgehead atoms. The van der Waals surface area contributed by atoms with Crippen LogP contribution in [0.5, 0.6) is 0 Å². The Hall–Kier alpha value is -1.89. The van der Waals surface area contributed by atoms with E-state index in [0.29, 0.717) is 5.56 Å². The summed E-state index contributed by atoms with van der Waals surface area (Å²) < 4.78 is 0. The lowest BCUT2D eigenvalue weighted by Gasteiger charge is -2.18. The maximum Gasteiger partial charge on any atom is 0.256 e. The maximum absolute atomic E-state index is 11.7. The van der Waals surface area contributed by atoms with Crippen LogP contribution in [0.4, 0.5) is 0 Å². The lowest BCUT2D eigenvalue weighted by Crippen LogP contribution is -2.34. The number of aromatic nitrogens is 1. The molecule has 0 saturated heterocycles. The number of pyridine rings is 1. The van der Waals surface area contributed by atoms with Crippen molar-refractivity contribution in [1.82, 2.24) is 9.88 Å². The summed E-state index contributed by atoms with van der Waals surface area (Å²) in [6.45, 7) is 1.67. The van der Waals surface area contributed by atoms with Gasteiger partial charge in [-0.05, 0) is 19.1 Å². The number of amides is 1. The Bertz CT molecular complexity index is 355. The molecule has 1 unspecified atom stereocenters. The summed E-state index contributed by atoms with van der Waals surface area (Å²) in [7, 11) is 1.60. The van der Waals surface area contributed by atoms with Crippen LogP contribution in [0.25, 0.3) is 0 Å². The van der Waals surface area contributed by atoms with Gasteiger partial charge < -0.3 is 4.90 Å². The van der Waals surface area contributed by atoms with E-state index >= 15 is 0 Å². The minimum atomic E-state index is -0.428. The van der Waals surface area contributed by atoms with Gasteiger partial charge in [0, 0.05) is 19.4 Å². The Kier molecular flexibility index (Phi) is 3.19. The van der Waals surface area contributed by atoms with Crippen LogP contribution >= 0.6 is 0 Å². The van der Waals surface area contributed by atoms with Crippen molar-refractivity contribution in [3.05, 3.63) is 30.1 Å². The Morgan fingerprint density at radius 3 is 2.93 bits per heavy atom. The normalized spacial score (nSPS) is 11.5. The molecule has 0 N–H and O–H groups in total. The number of hydrogen-bond donors (Lipinski definition) is 0. The van der Waals surface area contributed by atoms with Crippen LogP contribution in [-0.2, 0) is 0 Å². The number of rotatable bonds is 2. The van der Waals surface area contributed by atoms with Crippen molar-refractivity contribution in [2.75, 3.05) is 7.05 Å². The van der Waals surface area contributed by atoms with Gasteiger partial charge in [0.2, 0.25) is 0 Å². The summed E-state index contributed by atoms with van der Waals surface area (Å²) in [5, 5.41) is 8.64. The molecule has 1 rings (SSSR count). The van der Waals surface area contributed by atoms with E-state index in [2.05, 4.69) is 4.98 Å². The van der Waals surface area contributed by atoms with E-state index in [1.54, 1.807) is 32.3 Å². The minimum absolute atomic E-state index is 0.188. The fraction of sp³-hybridized carbons (Fsp3) is 0.300. The molecule has 1 aromatic rings. The highest BCUT2D eigenvalue weighted by atomic mass is 16.2. The fourth-order valence-electron chi connectivity index (χ4n) is 0.955. The second kappa shape index (κ2) is 4.38. The van der Waals surface area contributed by atoms with Crippen molar-refractivity contribution in [3.63, 3.8) is 0 Å². The van der Waals surface area contributed by atoms with E-state index in [1.165, 1.54) is 11.1 Å². The Balaban J connectivity index is 2.82. The zero-order valence-corrected chi connectivity index (χ0v) is 8.14. The van der Waals surface area contributed by atoms with E-state index in [1.807, 2.05) is 6.07 Å². The molecule has 0 aliphatic carbocycles. The van der Waals surface area contributed by atoms with Gasteiger partial charge in [0.25, 0.3) is 5.91 Å². The molecule has 4 heteroatoms. The molecule has 0 aliphatic heterocycles. The average Bonchev–Trinajstić information content (AvgIpc) is 2.27. The van der Waals surface area contributed by atoms with Gasteiger partial charge in [-0.3, -0.25) is 9.78 Å². The Morgan fingerprint density at radius 2 is 2.43 bits per heavy atom. The summed E-state index contributed by atoms with van der Waals surface area (Å²) in [6, 6.07) is 4.94. The standard InChI is InChI=1S/C10H11N3O/c1-8(6-11)13(2)10(14)9-4-3-5-12-7-9/h3-5,7-8H,1-2H3. The van der Waals surface area contributed by atoms with Crippen LogP contribution in [0.3, 0.4) is 0 Å². The zero-order chi connectivity index (χ0) is 10.6. The van der Waals surface area contributed by atoms with Gasteiger partial charge in [0.15, 0.2) is 0 Å². The highest BCUT2D eigenvalue weighted by molar-refractivity contribution is 5.94. The molecule has 72 valence electrons. The van der Waals surface area contributed by atoms with Crippen LogP contribution in [0.2, 0.25) is 0 Å². The molecule has 0 aromatic carbocycles. The Labute approximate surface area is 82.8 Å². The highest BCUT2D eigenvalue weighted by Crippen LogP contribution is 2.04. The van der Waals surface area contributed by atoms with Crippen LogP contribution in [0.1, 0.15) is 17.3 Å². The molecular weight excluding hydrogens is 178 g/mol. The van der Waals surface area contributed by atoms with Gasteiger partial charge >= 0.3 is 0 Å². The van der Waals surface area contributed by atoms with Gasteiger partial charge in [0.1, 0.15) is 6.04 Å². The third-order valence-corrected chi connectivity index (χ3v) is 2.00. The van der Waals surface area contributed by atoms with Crippen molar-refractivity contribution < 1.29 is 4.79 Å². The van der Waals surface area contributed by atoms with Gasteiger partial charge in [-0.15, -0.1) is 0 Å². The minimum Gasteiger partial charge on any atom is -0.326 e. The fourth-order valence-corrected chi connectivity index (χ4v) is 0.955. The lowest BCUT2D eigenvalue weighted by molar-refractivity contribution is 0.0772. The SMILES string of the molecule is CC(C#N)N(C)C(=O)c1cccnc1. The largest absolute Gasteiger partial charge is 0.326 e. The van der Waals surface area contributed by atoms with Crippen molar-refractivity contribution in [2.45, 2.75) is 13.0 Å².